The van der Waals surface area contributed by atoms with Crippen molar-refractivity contribution >= 4 is 5.97 Å². The number of aliphatic hydroxyl groups excluding tert-OH is 1. The molecule has 1 aromatic heterocycles. The molecule has 0 bridgehead atoms. The van der Waals surface area contributed by atoms with Gasteiger partial charge in [0.1, 0.15) is 11.9 Å². The second-order valence-electron chi connectivity index (χ2n) is 2.87. The van der Waals surface area contributed by atoms with E-state index in [1.54, 1.807) is 0 Å². The van der Waals surface area contributed by atoms with Crippen molar-refractivity contribution in [2.45, 2.75) is 13.0 Å². The summed E-state index contributed by atoms with van der Waals surface area (Å²) in [6.45, 7) is 2.49. The lowest BCUT2D eigenvalue weighted by molar-refractivity contribution is 0.0283. The number of rotatable bonds is 5. The Balaban J connectivity index is 2.62. The summed E-state index contributed by atoms with van der Waals surface area (Å²) in [4.78, 5) is 11.0. The molecule has 0 aliphatic rings. The van der Waals surface area contributed by atoms with Crippen LogP contribution < -0.4 is 0 Å². The van der Waals surface area contributed by atoms with Crippen molar-refractivity contribution in [3.8, 4) is 0 Å². The van der Waals surface area contributed by atoms with Crippen LogP contribution in [0, 0.1) is 0 Å². The number of carbonyl (C=O) groups is 1. The van der Waals surface area contributed by atoms with E-state index < -0.39 is 12.1 Å². The molecule has 1 N–H and O–H groups in total. The summed E-state index contributed by atoms with van der Waals surface area (Å²) in [7, 11) is 1.27. The lowest BCUT2D eigenvalue weighted by atomic mass is 10.3. The van der Waals surface area contributed by atoms with Gasteiger partial charge in [-0.15, -0.1) is 0 Å². The molecule has 1 unspecified atom stereocenters. The molecule has 0 aliphatic carbocycles. The third-order valence-electron chi connectivity index (χ3n) is 1.82. The van der Waals surface area contributed by atoms with Crippen molar-refractivity contribution in [2.24, 2.45) is 0 Å². The number of esters is 1. The van der Waals surface area contributed by atoms with Crippen LogP contribution in [0.2, 0.25) is 0 Å². The Morgan fingerprint density at radius 1 is 1.60 bits per heavy atom. The molecule has 1 heterocycles. The molecular formula is C10H14O5. The average Bonchev–Trinajstić information content (AvgIpc) is 2.74. The molecule has 0 saturated heterocycles. The molecule has 15 heavy (non-hydrogen) atoms. The third-order valence-corrected chi connectivity index (χ3v) is 1.82. The molecule has 0 aliphatic heterocycles. The van der Waals surface area contributed by atoms with Gasteiger partial charge in [0, 0.05) is 6.61 Å². The molecule has 0 saturated carbocycles. The largest absolute Gasteiger partial charge is 0.463 e. The van der Waals surface area contributed by atoms with E-state index >= 15 is 0 Å². The summed E-state index contributed by atoms with van der Waals surface area (Å²) >= 11 is 0. The van der Waals surface area contributed by atoms with Gasteiger partial charge in [-0.1, -0.05) is 0 Å². The lowest BCUT2D eigenvalue weighted by Gasteiger charge is -2.06. The van der Waals surface area contributed by atoms with Crippen molar-refractivity contribution in [3.05, 3.63) is 23.7 Å². The SMILES string of the molecule is CCOCC(O)c1ccc(C(=O)OC)o1. The van der Waals surface area contributed by atoms with Crippen LogP contribution in [-0.4, -0.2) is 31.4 Å². The van der Waals surface area contributed by atoms with E-state index in [1.807, 2.05) is 6.92 Å². The van der Waals surface area contributed by atoms with Gasteiger partial charge in [-0.05, 0) is 19.1 Å². The van der Waals surface area contributed by atoms with E-state index in [0.717, 1.165) is 0 Å². The third kappa shape index (κ3) is 3.07. The highest BCUT2D eigenvalue weighted by atomic mass is 16.5. The molecule has 0 amide bonds. The second kappa shape index (κ2) is 5.53. The Labute approximate surface area is 87.6 Å². The number of hydrogen-bond donors (Lipinski definition) is 1. The van der Waals surface area contributed by atoms with Crippen LogP contribution in [-0.2, 0) is 9.47 Å². The van der Waals surface area contributed by atoms with Gasteiger partial charge in [-0.2, -0.15) is 0 Å². The van der Waals surface area contributed by atoms with Gasteiger partial charge in [0.2, 0.25) is 5.76 Å². The van der Waals surface area contributed by atoms with Crippen LogP contribution in [0.25, 0.3) is 0 Å². The van der Waals surface area contributed by atoms with Crippen LogP contribution in [0.5, 0.6) is 0 Å². The van der Waals surface area contributed by atoms with Crippen molar-refractivity contribution in [1.82, 2.24) is 0 Å². The molecule has 0 radical (unpaired) electrons. The maximum atomic E-state index is 11.0. The van der Waals surface area contributed by atoms with Crippen molar-refractivity contribution < 1.29 is 23.8 Å². The maximum Gasteiger partial charge on any atom is 0.373 e. The van der Waals surface area contributed by atoms with E-state index in [-0.39, 0.29) is 12.4 Å². The summed E-state index contributed by atoms with van der Waals surface area (Å²) < 4.78 is 14.6. The molecule has 5 heteroatoms. The standard InChI is InChI=1S/C10H14O5/c1-3-14-6-7(11)8-4-5-9(15-8)10(12)13-2/h4-5,7,11H,3,6H2,1-2H3. The first kappa shape index (κ1) is 11.7. The van der Waals surface area contributed by atoms with Gasteiger partial charge < -0.3 is 19.0 Å². The van der Waals surface area contributed by atoms with E-state index in [1.165, 1.54) is 19.2 Å². The van der Waals surface area contributed by atoms with E-state index in [2.05, 4.69) is 4.74 Å². The van der Waals surface area contributed by atoms with Gasteiger partial charge in [0.25, 0.3) is 0 Å². The minimum atomic E-state index is -0.858. The topological polar surface area (TPSA) is 68.9 Å². The van der Waals surface area contributed by atoms with Crippen molar-refractivity contribution in [1.29, 1.82) is 0 Å². The monoisotopic (exact) mass is 214 g/mol. The first-order chi connectivity index (χ1) is 7.19. The van der Waals surface area contributed by atoms with Crippen LogP contribution in [0.4, 0.5) is 0 Å². The molecular weight excluding hydrogens is 200 g/mol. The van der Waals surface area contributed by atoms with E-state index in [9.17, 15) is 9.90 Å². The van der Waals surface area contributed by atoms with Gasteiger partial charge in [0.05, 0.1) is 13.7 Å². The highest BCUT2D eigenvalue weighted by molar-refractivity contribution is 5.86. The number of carbonyl (C=O) groups excluding carboxylic acids is 1. The molecule has 0 spiro atoms. The Bertz CT molecular complexity index is 317. The minimum absolute atomic E-state index is 0.0723. The Hall–Kier alpha value is -1.33. The number of hydrogen-bond acceptors (Lipinski definition) is 5. The predicted octanol–water partition coefficient (Wildman–Crippen LogP) is 1.14. The van der Waals surface area contributed by atoms with Gasteiger partial charge in [0.15, 0.2) is 0 Å². The van der Waals surface area contributed by atoms with E-state index in [0.29, 0.717) is 12.4 Å². The zero-order chi connectivity index (χ0) is 11.3. The fourth-order valence-electron chi connectivity index (χ4n) is 1.05. The highest BCUT2D eigenvalue weighted by Crippen LogP contribution is 2.17. The van der Waals surface area contributed by atoms with Crippen molar-refractivity contribution in [3.63, 3.8) is 0 Å². The number of ether oxygens (including phenoxy) is 2. The summed E-state index contributed by atoms with van der Waals surface area (Å²) in [5, 5.41) is 9.55. The molecule has 1 atom stereocenters. The fraction of sp³-hybridized carbons (Fsp3) is 0.500. The van der Waals surface area contributed by atoms with Crippen LogP contribution in [0.1, 0.15) is 29.3 Å². The normalized spacial score (nSPS) is 12.5. The molecule has 5 nitrogen and oxygen atoms in total. The Kier molecular flexibility index (Phi) is 4.33. The lowest BCUT2D eigenvalue weighted by Crippen LogP contribution is -2.06. The zero-order valence-electron chi connectivity index (χ0n) is 8.73. The summed E-state index contributed by atoms with van der Waals surface area (Å²) in [6, 6.07) is 2.98. The van der Waals surface area contributed by atoms with Gasteiger partial charge in [-0.3, -0.25) is 0 Å². The summed E-state index contributed by atoms with van der Waals surface area (Å²) in [5.74, 6) is -0.197. The zero-order valence-corrected chi connectivity index (χ0v) is 8.73. The van der Waals surface area contributed by atoms with Crippen LogP contribution in [0.3, 0.4) is 0 Å². The van der Waals surface area contributed by atoms with Crippen LogP contribution in [0.15, 0.2) is 16.5 Å². The Morgan fingerprint density at radius 3 is 2.93 bits per heavy atom. The minimum Gasteiger partial charge on any atom is -0.463 e. The molecule has 1 aromatic rings. The van der Waals surface area contributed by atoms with Gasteiger partial charge in [-0.25, -0.2) is 4.79 Å². The Morgan fingerprint density at radius 2 is 2.33 bits per heavy atom. The van der Waals surface area contributed by atoms with E-state index in [4.69, 9.17) is 9.15 Å². The van der Waals surface area contributed by atoms with Gasteiger partial charge >= 0.3 is 5.97 Å². The highest BCUT2D eigenvalue weighted by Gasteiger charge is 2.16. The quantitative estimate of drug-likeness (QED) is 0.744. The second-order valence-corrected chi connectivity index (χ2v) is 2.87. The first-order valence-electron chi connectivity index (χ1n) is 4.63. The predicted molar refractivity (Wildman–Crippen MR) is 51.5 cm³/mol. The number of methoxy groups -OCH3 is 1. The average molecular weight is 214 g/mol. The maximum absolute atomic E-state index is 11.0. The molecule has 0 aromatic carbocycles. The number of furan rings is 1. The fourth-order valence-corrected chi connectivity index (χ4v) is 1.05. The molecule has 0 fully saturated rings. The van der Waals surface area contributed by atoms with Crippen molar-refractivity contribution in [2.75, 3.05) is 20.3 Å². The first-order valence-corrected chi connectivity index (χ1v) is 4.63. The summed E-state index contributed by atoms with van der Waals surface area (Å²) in [6.07, 6.45) is -0.858. The number of aliphatic hydroxyl groups is 1. The molecule has 84 valence electrons. The summed E-state index contributed by atoms with van der Waals surface area (Å²) in [5.41, 5.74) is 0. The molecule has 1 rings (SSSR count). The smallest absolute Gasteiger partial charge is 0.373 e. The van der Waals surface area contributed by atoms with Crippen LogP contribution >= 0.6 is 0 Å².